The number of fused-ring (bicyclic) bond motifs is 5. The first kappa shape index (κ1) is 64.6. The normalized spacial score (nSPS) is 25.2. The van der Waals surface area contributed by atoms with Gasteiger partial charge >= 0.3 is 0 Å². The number of hydrogen-bond acceptors (Lipinski definition) is 16. The Morgan fingerprint density at radius 2 is 0.836 bits per heavy atom. The Bertz CT molecular complexity index is 1330. The van der Waals surface area contributed by atoms with Crippen molar-refractivity contribution in [2.24, 2.45) is 46.3 Å². The van der Waals surface area contributed by atoms with Gasteiger partial charge in [-0.25, -0.2) is 0 Å². The maximum atomic E-state index is 8.62. The minimum Gasteiger partial charge on any atom is -0.394 e. The van der Waals surface area contributed by atoms with Crippen molar-refractivity contribution < 1.29 is 76.2 Å². The quantitative estimate of drug-likeness (QED) is 0.0468. The molecule has 1 unspecified atom stereocenters. The summed E-state index contributed by atoms with van der Waals surface area (Å²) in [7, 11) is 0. The molecule has 1 N–H and O–H groups in total. The van der Waals surface area contributed by atoms with Crippen molar-refractivity contribution in [3.8, 4) is 0 Å². The summed E-state index contributed by atoms with van der Waals surface area (Å²) in [6.45, 7) is 27.5. The van der Waals surface area contributed by atoms with E-state index in [-0.39, 0.29) is 6.61 Å². The molecule has 0 aromatic carbocycles. The third kappa shape index (κ3) is 26.5. The largest absolute Gasteiger partial charge is 0.394 e. The number of ether oxygens (including phenoxy) is 15. The Morgan fingerprint density at radius 3 is 1.22 bits per heavy atom. The molecule has 0 aliphatic heterocycles. The van der Waals surface area contributed by atoms with Crippen LogP contribution in [0.2, 0.25) is 0 Å². The van der Waals surface area contributed by atoms with Crippen molar-refractivity contribution >= 4 is 0 Å². The van der Waals surface area contributed by atoms with Crippen LogP contribution in [0.5, 0.6) is 0 Å². The molecule has 0 bridgehead atoms. The van der Waals surface area contributed by atoms with Gasteiger partial charge in [-0.15, -0.1) is 0 Å². The Hall–Kier alpha value is -0.900. The number of aliphatic hydroxyl groups is 1. The maximum absolute atomic E-state index is 8.62. The number of allylic oxidation sites excluding steroid dienone is 1. The van der Waals surface area contributed by atoms with Crippen molar-refractivity contribution in [1.29, 1.82) is 0 Å². The highest BCUT2D eigenvalue weighted by molar-refractivity contribution is 5.25. The molecule has 0 aromatic heterocycles. The summed E-state index contributed by atoms with van der Waals surface area (Å²) in [5.74, 6) is 5.26. The zero-order valence-corrected chi connectivity index (χ0v) is 46.7. The summed E-state index contributed by atoms with van der Waals surface area (Å²) in [6, 6.07) is 0. The lowest BCUT2D eigenvalue weighted by atomic mass is 9.47. The average molecular weight is 1050 g/mol. The fourth-order valence-electron chi connectivity index (χ4n) is 12.1. The fourth-order valence-corrected chi connectivity index (χ4v) is 12.1. The SMILES string of the molecule is CC(C)CCC[C@@H](C)[C@H]1CC[C@H]2[C@@H]3CC=C4CC(OCCOCCOCCOCCOCCOCCOCCOCCOCCOCCOCCOCCOCCOCCOCCO)CC[C@]4(C)[C@H]3CC[C@]12C. The molecule has 16 nitrogen and oxygen atoms in total. The zero-order chi connectivity index (χ0) is 51.9. The highest BCUT2D eigenvalue weighted by atomic mass is 16.6. The third-order valence-electron chi connectivity index (χ3n) is 15.9. The lowest BCUT2D eigenvalue weighted by Gasteiger charge is -2.58. The van der Waals surface area contributed by atoms with Crippen molar-refractivity contribution in [3.63, 3.8) is 0 Å². The summed E-state index contributed by atoms with van der Waals surface area (Å²) in [4.78, 5) is 0. The minimum atomic E-state index is 0.0233. The lowest BCUT2D eigenvalue weighted by Crippen LogP contribution is -2.51. The van der Waals surface area contributed by atoms with Crippen LogP contribution in [0.15, 0.2) is 11.6 Å². The van der Waals surface area contributed by atoms with E-state index in [1.54, 1.807) is 5.57 Å². The van der Waals surface area contributed by atoms with Gasteiger partial charge in [0, 0.05) is 0 Å². The summed E-state index contributed by atoms with van der Waals surface area (Å²) in [5, 5.41) is 8.62. The second kappa shape index (κ2) is 41.2. The summed E-state index contributed by atoms with van der Waals surface area (Å²) in [6.07, 6.45) is 17.8. The van der Waals surface area contributed by atoms with Gasteiger partial charge in [0.1, 0.15) is 0 Å². The van der Waals surface area contributed by atoms with Crippen molar-refractivity contribution in [3.05, 3.63) is 11.6 Å². The molecule has 0 saturated heterocycles. The number of rotatable bonds is 50. The van der Waals surface area contributed by atoms with Crippen LogP contribution >= 0.6 is 0 Å². The van der Waals surface area contributed by atoms with Crippen LogP contribution in [0, 0.1) is 46.3 Å². The number of aliphatic hydroxyl groups excluding tert-OH is 1. The van der Waals surface area contributed by atoms with Crippen molar-refractivity contribution in [2.75, 3.05) is 198 Å². The average Bonchev–Trinajstić information content (AvgIpc) is 3.75. The molecule has 0 spiro atoms. The molecular weight excluding hydrogens is 941 g/mol. The monoisotopic (exact) mass is 1050 g/mol. The Kier molecular flexibility index (Phi) is 36.5. The molecule has 4 aliphatic carbocycles. The van der Waals surface area contributed by atoms with Crippen LogP contribution in [-0.2, 0) is 71.1 Å². The Labute approximate surface area is 442 Å². The summed E-state index contributed by atoms with van der Waals surface area (Å²) < 4.78 is 83.7. The molecule has 3 saturated carbocycles. The van der Waals surface area contributed by atoms with Gasteiger partial charge in [0.05, 0.1) is 204 Å². The van der Waals surface area contributed by atoms with E-state index >= 15 is 0 Å². The van der Waals surface area contributed by atoms with Gasteiger partial charge in [0.25, 0.3) is 0 Å². The third-order valence-corrected chi connectivity index (χ3v) is 15.9. The standard InChI is InChI=1S/C57H106O16/c1-48(2)7-6-8-49(3)53-11-12-54-52-10-9-50-47-51(13-15-56(50,4)55(52)14-16-57(53,54)5)73-46-45-72-44-43-71-42-41-70-40-39-69-38-37-68-36-35-67-34-33-66-32-31-65-30-29-64-28-27-63-26-25-62-24-23-61-22-21-60-20-19-59-18-17-58/h9,48-49,51-55,58H,6-8,10-47H2,1-5H3/t49-,51?,52+,53-,54+,55+,56+,57-/m1/s1. The molecule has 8 atom stereocenters. The van der Waals surface area contributed by atoms with Gasteiger partial charge in [0.15, 0.2) is 0 Å². The van der Waals surface area contributed by atoms with Crippen LogP contribution in [-0.4, -0.2) is 209 Å². The maximum Gasteiger partial charge on any atom is 0.0704 e. The van der Waals surface area contributed by atoms with Gasteiger partial charge in [-0.3, -0.25) is 0 Å². The van der Waals surface area contributed by atoms with E-state index in [4.69, 9.17) is 76.2 Å². The first-order valence-electron chi connectivity index (χ1n) is 28.8. The first-order chi connectivity index (χ1) is 35.8. The molecule has 4 rings (SSSR count). The van der Waals surface area contributed by atoms with Crippen LogP contribution in [0.1, 0.15) is 105 Å². The van der Waals surface area contributed by atoms with Gasteiger partial charge in [-0.05, 0) is 97.7 Å². The topological polar surface area (TPSA) is 159 Å². The second-order valence-corrected chi connectivity index (χ2v) is 21.3. The molecule has 0 amide bonds. The van der Waals surface area contributed by atoms with Crippen LogP contribution < -0.4 is 0 Å². The van der Waals surface area contributed by atoms with E-state index < -0.39 is 0 Å². The molecule has 430 valence electrons. The summed E-state index contributed by atoms with van der Waals surface area (Å²) >= 11 is 0. The van der Waals surface area contributed by atoms with E-state index in [1.807, 2.05) is 0 Å². The van der Waals surface area contributed by atoms with Gasteiger partial charge < -0.3 is 76.2 Å². The molecule has 0 heterocycles. The fraction of sp³-hybridized carbons (Fsp3) is 0.965. The predicted molar refractivity (Wildman–Crippen MR) is 281 cm³/mol. The van der Waals surface area contributed by atoms with Crippen LogP contribution in [0.3, 0.4) is 0 Å². The van der Waals surface area contributed by atoms with E-state index in [2.05, 4.69) is 40.7 Å². The van der Waals surface area contributed by atoms with Crippen molar-refractivity contribution in [2.45, 2.75) is 111 Å². The molecule has 4 aliphatic rings. The smallest absolute Gasteiger partial charge is 0.0704 e. The van der Waals surface area contributed by atoms with Crippen LogP contribution in [0.4, 0.5) is 0 Å². The van der Waals surface area contributed by atoms with E-state index in [1.165, 1.54) is 64.2 Å². The van der Waals surface area contributed by atoms with Gasteiger partial charge in [-0.1, -0.05) is 65.5 Å². The molecule has 3 fully saturated rings. The first-order valence-corrected chi connectivity index (χ1v) is 28.8. The molecule has 73 heavy (non-hydrogen) atoms. The van der Waals surface area contributed by atoms with Crippen LogP contribution in [0.25, 0.3) is 0 Å². The van der Waals surface area contributed by atoms with E-state index in [0.717, 1.165) is 41.9 Å². The molecule has 0 aromatic rings. The van der Waals surface area contributed by atoms with Crippen molar-refractivity contribution in [1.82, 2.24) is 0 Å². The van der Waals surface area contributed by atoms with E-state index in [9.17, 15) is 0 Å². The Morgan fingerprint density at radius 1 is 0.452 bits per heavy atom. The summed E-state index contributed by atoms with van der Waals surface area (Å²) in [5.41, 5.74) is 2.61. The second-order valence-electron chi connectivity index (χ2n) is 21.3. The molecule has 16 heteroatoms. The molecular formula is C57H106O16. The van der Waals surface area contributed by atoms with Gasteiger partial charge in [0.2, 0.25) is 0 Å². The highest BCUT2D eigenvalue weighted by Gasteiger charge is 2.59. The Balaban J connectivity index is 0.807. The van der Waals surface area contributed by atoms with E-state index in [0.29, 0.717) is 209 Å². The van der Waals surface area contributed by atoms with Gasteiger partial charge in [-0.2, -0.15) is 0 Å². The zero-order valence-electron chi connectivity index (χ0n) is 46.7. The molecule has 0 radical (unpaired) electrons. The highest BCUT2D eigenvalue weighted by Crippen LogP contribution is 2.67. The minimum absolute atomic E-state index is 0.0233. The lowest BCUT2D eigenvalue weighted by molar-refractivity contribution is -0.0692. The number of hydrogen-bond donors (Lipinski definition) is 1. The predicted octanol–water partition coefficient (Wildman–Crippen LogP) is 7.64.